The number of esters is 1. The highest BCUT2D eigenvalue weighted by atomic mass is 19.4. The van der Waals surface area contributed by atoms with Gasteiger partial charge in [0.15, 0.2) is 0 Å². The molecule has 0 saturated heterocycles. The van der Waals surface area contributed by atoms with Gasteiger partial charge in [-0.2, -0.15) is 13.2 Å². The molecule has 1 heterocycles. The average Bonchev–Trinajstić information content (AvgIpc) is 2.37. The van der Waals surface area contributed by atoms with Crippen LogP contribution in [0.3, 0.4) is 0 Å². The monoisotopic (exact) mass is 283 g/mol. The summed E-state index contributed by atoms with van der Waals surface area (Å²) in [7, 11) is 0. The summed E-state index contributed by atoms with van der Waals surface area (Å²) in [5.74, 6) is -0.586. The van der Waals surface area contributed by atoms with Crippen LogP contribution in [0.5, 0.6) is 0 Å². The zero-order valence-corrected chi connectivity index (χ0v) is 10.9. The first-order valence-corrected chi connectivity index (χ1v) is 5.98. The van der Waals surface area contributed by atoms with E-state index in [1.165, 1.54) is 12.1 Å². The summed E-state index contributed by atoms with van der Waals surface area (Å²) in [5.41, 5.74) is -0.285. The molecule has 6 heteroatoms. The standard InChI is InChI=1S/C14H12F3NO2/c1-3-20-13(19)12-6-9-4-5-10(14(15,16)17)7-11(9)8(2)18-12/h4-7H,3H2,1-2H3. The Morgan fingerprint density at radius 1 is 1.30 bits per heavy atom. The highest BCUT2D eigenvalue weighted by Gasteiger charge is 2.30. The van der Waals surface area contributed by atoms with Gasteiger partial charge >= 0.3 is 12.1 Å². The normalized spacial score (nSPS) is 11.7. The van der Waals surface area contributed by atoms with Gasteiger partial charge in [-0.3, -0.25) is 0 Å². The van der Waals surface area contributed by atoms with E-state index in [1.807, 2.05) is 0 Å². The molecular formula is C14H12F3NO2. The average molecular weight is 283 g/mol. The summed E-state index contributed by atoms with van der Waals surface area (Å²) in [6, 6.07) is 4.78. The Bertz CT molecular complexity index is 665. The van der Waals surface area contributed by atoms with Crippen molar-refractivity contribution in [1.29, 1.82) is 0 Å². The first-order valence-electron chi connectivity index (χ1n) is 5.98. The predicted octanol–water partition coefficient (Wildman–Crippen LogP) is 3.74. The van der Waals surface area contributed by atoms with Crippen LogP contribution in [0, 0.1) is 6.92 Å². The van der Waals surface area contributed by atoms with E-state index in [0.29, 0.717) is 16.5 Å². The highest BCUT2D eigenvalue weighted by molar-refractivity contribution is 5.94. The van der Waals surface area contributed by atoms with E-state index in [2.05, 4.69) is 4.98 Å². The molecule has 3 nitrogen and oxygen atoms in total. The van der Waals surface area contributed by atoms with Crippen molar-refractivity contribution in [2.45, 2.75) is 20.0 Å². The fourth-order valence-corrected chi connectivity index (χ4v) is 1.90. The SMILES string of the molecule is CCOC(=O)c1cc2ccc(C(F)(F)F)cc2c(C)n1. The minimum absolute atomic E-state index is 0.0941. The van der Waals surface area contributed by atoms with Crippen molar-refractivity contribution in [3.05, 3.63) is 41.2 Å². The third-order valence-electron chi connectivity index (χ3n) is 2.84. The number of hydrogen-bond acceptors (Lipinski definition) is 3. The Morgan fingerprint density at radius 2 is 2.00 bits per heavy atom. The Morgan fingerprint density at radius 3 is 2.60 bits per heavy atom. The molecule has 0 aliphatic heterocycles. The second kappa shape index (κ2) is 5.11. The number of halogens is 3. The van der Waals surface area contributed by atoms with Gasteiger partial charge in [0.05, 0.1) is 12.2 Å². The van der Waals surface area contributed by atoms with Crippen LogP contribution in [0.1, 0.15) is 28.7 Å². The van der Waals surface area contributed by atoms with Crippen LogP contribution in [0.15, 0.2) is 24.3 Å². The quantitative estimate of drug-likeness (QED) is 0.788. The summed E-state index contributed by atoms with van der Waals surface area (Å²) in [6.07, 6.45) is -4.40. The Labute approximate surface area is 113 Å². The van der Waals surface area contributed by atoms with Crippen molar-refractivity contribution in [3.8, 4) is 0 Å². The molecule has 2 aromatic rings. The molecule has 0 aliphatic carbocycles. The molecular weight excluding hydrogens is 271 g/mol. The molecule has 2 rings (SSSR count). The summed E-state index contributed by atoms with van der Waals surface area (Å²) < 4.78 is 42.8. The summed E-state index contributed by atoms with van der Waals surface area (Å²) >= 11 is 0. The lowest BCUT2D eigenvalue weighted by Crippen LogP contribution is -2.09. The predicted molar refractivity (Wildman–Crippen MR) is 67.4 cm³/mol. The van der Waals surface area contributed by atoms with Crippen LogP contribution in [0.4, 0.5) is 13.2 Å². The molecule has 0 N–H and O–H groups in total. The van der Waals surface area contributed by atoms with Gasteiger partial charge in [-0.1, -0.05) is 6.07 Å². The maximum Gasteiger partial charge on any atom is 0.416 e. The maximum atomic E-state index is 12.7. The molecule has 0 aliphatic rings. The minimum atomic E-state index is -4.40. The number of rotatable bonds is 2. The molecule has 0 atom stereocenters. The summed E-state index contributed by atoms with van der Waals surface area (Å²) in [5, 5.41) is 0.890. The van der Waals surface area contributed by atoms with E-state index in [1.54, 1.807) is 13.8 Å². The molecule has 0 fully saturated rings. The van der Waals surface area contributed by atoms with Gasteiger partial charge in [-0.15, -0.1) is 0 Å². The molecule has 20 heavy (non-hydrogen) atoms. The second-order valence-corrected chi connectivity index (χ2v) is 4.25. The lowest BCUT2D eigenvalue weighted by Gasteiger charge is -2.10. The van der Waals surface area contributed by atoms with Crippen molar-refractivity contribution in [3.63, 3.8) is 0 Å². The molecule has 0 unspecified atom stereocenters. The number of hydrogen-bond donors (Lipinski definition) is 0. The number of aromatic nitrogens is 1. The van der Waals surface area contributed by atoms with E-state index in [4.69, 9.17) is 4.74 Å². The molecule has 0 bridgehead atoms. The van der Waals surface area contributed by atoms with Crippen molar-refractivity contribution >= 4 is 16.7 Å². The van der Waals surface area contributed by atoms with Crippen LogP contribution < -0.4 is 0 Å². The van der Waals surface area contributed by atoms with E-state index >= 15 is 0 Å². The number of carbonyl (C=O) groups is 1. The van der Waals surface area contributed by atoms with Crippen LogP contribution in [0.25, 0.3) is 10.8 Å². The lowest BCUT2D eigenvalue weighted by atomic mass is 10.1. The molecule has 0 spiro atoms. The van der Waals surface area contributed by atoms with Crippen LogP contribution >= 0.6 is 0 Å². The van der Waals surface area contributed by atoms with Crippen LogP contribution in [-0.4, -0.2) is 17.6 Å². The fourth-order valence-electron chi connectivity index (χ4n) is 1.90. The fraction of sp³-hybridized carbons (Fsp3) is 0.286. The molecule has 0 saturated carbocycles. The second-order valence-electron chi connectivity index (χ2n) is 4.25. The van der Waals surface area contributed by atoms with Gasteiger partial charge < -0.3 is 4.74 Å². The minimum Gasteiger partial charge on any atom is -0.461 e. The van der Waals surface area contributed by atoms with Crippen molar-refractivity contribution in [2.24, 2.45) is 0 Å². The first kappa shape index (κ1) is 14.3. The van der Waals surface area contributed by atoms with Crippen LogP contribution in [0.2, 0.25) is 0 Å². The van der Waals surface area contributed by atoms with Crippen LogP contribution in [-0.2, 0) is 10.9 Å². The smallest absolute Gasteiger partial charge is 0.416 e. The highest BCUT2D eigenvalue weighted by Crippen LogP contribution is 2.32. The zero-order valence-electron chi connectivity index (χ0n) is 10.9. The third kappa shape index (κ3) is 2.74. The third-order valence-corrected chi connectivity index (χ3v) is 2.84. The number of nitrogens with zero attached hydrogens (tertiary/aromatic N) is 1. The van der Waals surface area contributed by atoms with Gasteiger partial charge in [0.2, 0.25) is 0 Å². The summed E-state index contributed by atoms with van der Waals surface area (Å²) in [4.78, 5) is 15.6. The number of aryl methyl sites for hydroxylation is 1. The molecule has 1 aromatic carbocycles. The van der Waals surface area contributed by atoms with Gasteiger partial charge in [-0.05, 0) is 37.4 Å². The number of ether oxygens (including phenoxy) is 1. The summed E-state index contributed by atoms with van der Waals surface area (Å²) in [6.45, 7) is 3.44. The van der Waals surface area contributed by atoms with Gasteiger partial charge in [0.1, 0.15) is 5.69 Å². The molecule has 1 aromatic heterocycles. The van der Waals surface area contributed by atoms with E-state index in [9.17, 15) is 18.0 Å². The molecule has 0 amide bonds. The number of benzene rings is 1. The van der Waals surface area contributed by atoms with Gasteiger partial charge in [-0.25, -0.2) is 9.78 Å². The van der Waals surface area contributed by atoms with Gasteiger partial charge in [0, 0.05) is 11.1 Å². The number of alkyl halides is 3. The Balaban J connectivity index is 2.55. The zero-order chi connectivity index (χ0) is 14.9. The molecule has 106 valence electrons. The van der Waals surface area contributed by atoms with E-state index in [0.717, 1.165) is 12.1 Å². The number of fused-ring (bicyclic) bond motifs is 1. The Kier molecular flexibility index (Phi) is 3.65. The Hall–Kier alpha value is -2.11. The lowest BCUT2D eigenvalue weighted by molar-refractivity contribution is -0.137. The van der Waals surface area contributed by atoms with Crippen molar-refractivity contribution in [2.75, 3.05) is 6.61 Å². The largest absolute Gasteiger partial charge is 0.461 e. The van der Waals surface area contributed by atoms with E-state index < -0.39 is 17.7 Å². The number of carbonyl (C=O) groups excluding carboxylic acids is 1. The van der Waals surface area contributed by atoms with Crippen molar-refractivity contribution in [1.82, 2.24) is 4.98 Å². The number of pyridine rings is 1. The van der Waals surface area contributed by atoms with Gasteiger partial charge in [0.25, 0.3) is 0 Å². The topological polar surface area (TPSA) is 39.2 Å². The first-order chi connectivity index (χ1) is 9.32. The molecule has 0 radical (unpaired) electrons. The maximum absolute atomic E-state index is 12.7. The van der Waals surface area contributed by atoms with Crippen molar-refractivity contribution < 1.29 is 22.7 Å². The van der Waals surface area contributed by atoms with E-state index in [-0.39, 0.29) is 12.3 Å².